The number of likely N-dealkylation sites (N-methyl/N-ethyl adjacent to an activating group) is 1. The molecule has 1 fully saturated rings. The van der Waals surface area contributed by atoms with Gasteiger partial charge in [-0.2, -0.15) is 0 Å². The van der Waals surface area contributed by atoms with Crippen LogP contribution in [0, 0.1) is 6.92 Å². The topological polar surface area (TPSA) is 29.3 Å². The van der Waals surface area contributed by atoms with E-state index in [1.54, 1.807) is 0 Å². The molecule has 0 heterocycles. The average Bonchev–Trinajstić information content (AvgIpc) is 2.39. The van der Waals surface area contributed by atoms with E-state index in [9.17, 15) is 0 Å². The molecule has 1 aromatic rings. The molecular formula is C16H26N2. The normalized spacial score (nSPS) is 20.9. The molecule has 0 spiro atoms. The number of hydrogen-bond acceptors (Lipinski definition) is 2. The maximum atomic E-state index is 6.66. The molecule has 0 radical (unpaired) electrons. The quantitative estimate of drug-likeness (QED) is 0.887. The Bertz CT molecular complexity index is 392. The van der Waals surface area contributed by atoms with Gasteiger partial charge in [0.25, 0.3) is 0 Å². The first-order valence-corrected chi connectivity index (χ1v) is 7.06. The summed E-state index contributed by atoms with van der Waals surface area (Å²) in [5.74, 6) is 0. The van der Waals surface area contributed by atoms with Crippen molar-refractivity contribution in [3.8, 4) is 0 Å². The van der Waals surface area contributed by atoms with Crippen LogP contribution in [-0.2, 0) is 0 Å². The van der Waals surface area contributed by atoms with Crippen molar-refractivity contribution >= 4 is 0 Å². The summed E-state index contributed by atoms with van der Waals surface area (Å²) in [6, 6.07) is 8.68. The van der Waals surface area contributed by atoms with Crippen LogP contribution in [0.3, 0.4) is 0 Å². The molecule has 0 aromatic heterocycles. The lowest BCUT2D eigenvalue weighted by atomic mass is 9.73. The zero-order valence-corrected chi connectivity index (χ0v) is 11.9. The van der Waals surface area contributed by atoms with E-state index in [0.29, 0.717) is 0 Å². The fourth-order valence-electron chi connectivity index (χ4n) is 3.43. The van der Waals surface area contributed by atoms with Crippen LogP contribution in [0.25, 0.3) is 0 Å². The van der Waals surface area contributed by atoms with E-state index in [1.165, 1.54) is 43.2 Å². The second kappa shape index (κ2) is 5.41. The van der Waals surface area contributed by atoms with E-state index in [1.807, 2.05) is 0 Å². The molecule has 2 N–H and O–H groups in total. The molecule has 2 nitrogen and oxygen atoms in total. The predicted molar refractivity (Wildman–Crippen MR) is 77.6 cm³/mol. The zero-order chi connectivity index (χ0) is 13.2. The van der Waals surface area contributed by atoms with Crippen molar-refractivity contribution in [1.82, 2.24) is 4.90 Å². The summed E-state index contributed by atoms with van der Waals surface area (Å²) in [6.07, 6.45) is 6.40. The molecule has 100 valence electrons. The van der Waals surface area contributed by atoms with Gasteiger partial charge in [-0.25, -0.2) is 0 Å². The Morgan fingerprint density at radius 1 is 1.11 bits per heavy atom. The number of aryl methyl sites for hydroxylation is 1. The minimum Gasteiger partial charge on any atom is -0.322 e. The average molecular weight is 246 g/mol. The van der Waals surface area contributed by atoms with Crippen molar-refractivity contribution in [3.05, 3.63) is 35.4 Å². The Kier molecular flexibility index (Phi) is 4.08. The van der Waals surface area contributed by atoms with E-state index < -0.39 is 0 Å². The summed E-state index contributed by atoms with van der Waals surface area (Å²) in [7, 11) is 4.37. The minimum atomic E-state index is 0.119. The zero-order valence-electron chi connectivity index (χ0n) is 11.9. The van der Waals surface area contributed by atoms with Crippen molar-refractivity contribution in [1.29, 1.82) is 0 Å². The third kappa shape index (κ3) is 2.32. The molecule has 2 heteroatoms. The van der Waals surface area contributed by atoms with Crippen LogP contribution in [0.15, 0.2) is 24.3 Å². The molecule has 0 aliphatic heterocycles. The van der Waals surface area contributed by atoms with Gasteiger partial charge in [-0.1, -0.05) is 43.5 Å². The molecule has 0 saturated heterocycles. The van der Waals surface area contributed by atoms with Gasteiger partial charge in [0.2, 0.25) is 0 Å². The number of benzene rings is 1. The molecule has 1 atom stereocenters. The second-order valence-electron chi connectivity index (χ2n) is 5.89. The van der Waals surface area contributed by atoms with Crippen LogP contribution in [0.1, 0.15) is 49.3 Å². The van der Waals surface area contributed by atoms with Gasteiger partial charge in [-0.15, -0.1) is 0 Å². The van der Waals surface area contributed by atoms with Crippen molar-refractivity contribution in [2.45, 2.75) is 50.6 Å². The van der Waals surface area contributed by atoms with Crippen molar-refractivity contribution in [2.75, 3.05) is 14.1 Å². The molecule has 1 aromatic carbocycles. The van der Waals surface area contributed by atoms with E-state index in [-0.39, 0.29) is 11.6 Å². The first kappa shape index (κ1) is 13.6. The lowest BCUT2D eigenvalue weighted by molar-refractivity contribution is 0.0711. The number of rotatable bonds is 3. The smallest absolute Gasteiger partial charge is 0.0484 e. The highest BCUT2D eigenvalue weighted by Crippen LogP contribution is 2.41. The minimum absolute atomic E-state index is 0.119. The van der Waals surface area contributed by atoms with Crippen LogP contribution >= 0.6 is 0 Å². The SMILES string of the molecule is Cc1ccccc1C(N)C1(N(C)C)CCCCC1. The molecule has 2 rings (SSSR count). The van der Waals surface area contributed by atoms with E-state index in [2.05, 4.69) is 50.2 Å². The van der Waals surface area contributed by atoms with Crippen LogP contribution in [-0.4, -0.2) is 24.5 Å². The Balaban J connectivity index is 2.34. The fraction of sp³-hybridized carbons (Fsp3) is 0.625. The highest BCUT2D eigenvalue weighted by molar-refractivity contribution is 5.31. The third-order valence-electron chi connectivity index (χ3n) is 4.71. The summed E-state index contributed by atoms with van der Waals surface area (Å²) < 4.78 is 0. The first-order valence-electron chi connectivity index (χ1n) is 7.06. The van der Waals surface area contributed by atoms with Gasteiger partial charge in [0, 0.05) is 11.6 Å². The molecule has 18 heavy (non-hydrogen) atoms. The van der Waals surface area contributed by atoms with Crippen molar-refractivity contribution in [3.63, 3.8) is 0 Å². The summed E-state index contributed by atoms with van der Waals surface area (Å²) in [5.41, 5.74) is 9.44. The molecule has 0 bridgehead atoms. The van der Waals surface area contributed by atoms with Gasteiger partial charge < -0.3 is 10.6 Å². The lowest BCUT2D eigenvalue weighted by Crippen LogP contribution is -2.53. The Morgan fingerprint density at radius 2 is 1.72 bits per heavy atom. The summed E-state index contributed by atoms with van der Waals surface area (Å²) >= 11 is 0. The van der Waals surface area contributed by atoms with Gasteiger partial charge in [-0.3, -0.25) is 0 Å². The maximum absolute atomic E-state index is 6.66. The number of nitrogens with two attached hydrogens (primary N) is 1. The van der Waals surface area contributed by atoms with Gasteiger partial charge in [0.15, 0.2) is 0 Å². The Hall–Kier alpha value is -0.860. The monoisotopic (exact) mass is 246 g/mol. The van der Waals surface area contributed by atoms with Crippen molar-refractivity contribution in [2.24, 2.45) is 5.73 Å². The van der Waals surface area contributed by atoms with Crippen LogP contribution < -0.4 is 5.73 Å². The summed E-state index contributed by atoms with van der Waals surface area (Å²) in [6.45, 7) is 2.17. The molecule has 0 amide bonds. The third-order valence-corrected chi connectivity index (χ3v) is 4.71. The Labute approximate surface area is 111 Å². The predicted octanol–water partition coefficient (Wildman–Crippen LogP) is 3.26. The standard InChI is InChI=1S/C16H26N2/c1-13-9-5-6-10-14(13)15(17)16(18(2)3)11-7-4-8-12-16/h5-6,9-10,15H,4,7-8,11-12,17H2,1-3H3. The van der Waals surface area contributed by atoms with Gasteiger partial charge in [-0.05, 0) is 45.0 Å². The molecule has 1 unspecified atom stereocenters. The number of nitrogens with zero attached hydrogens (tertiary/aromatic N) is 1. The Morgan fingerprint density at radius 3 is 2.28 bits per heavy atom. The van der Waals surface area contributed by atoms with E-state index >= 15 is 0 Å². The van der Waals surface area contributed by atoms with Gasteiger partial charge in [0.1, 0.15) is 0 Å². The van der Waals surface area contributed by atoms with Crippen LogP contribution in [0.2, 0.25) is 0 Å². The molecule has 1 saturated carbocycles. The van der Waals surface area contributed by atoms with E-state index in [0.717, 1.165) is 0 Å². The molecular weight excluding hydrogens is 220 g/mol. The lowest BCUT2D eigenvalue weighted by Gasteiger charge is -2.47. The highest BCUT2D eigenvalue weighted by Gasteiger charge is 2.40. The summed E-state index contributed by atoms with van der Waals surface area (Å²) in [5, 5.41) is 0. The largest absolute Gasteiger partial charge is 0.322 e. The van der Waals surface area contributed by atoms with Gasteiger partial charge >= 0.3 is 0 Å². The molecule has 1 aliphatic rings. The number of hydrogen-bond donors (Lipinski definition) is 1. The second-order valence-corrected chi connectivity index (χ2v) is 5.89. The molecule has 1 aliphatic carbocycles. The highest BCUT2D eigenvalue weighted by atomic mass is 15.2. The van der Waals surface area contributed by atoms with Crippen LogP contribution in [0.4, 0.5) is 0 Å². The van der Waals surface area contributed by atoms with Gasteiger partial charge in [0.05, 0.1) is 0 Å². The van der Waals surface area contributed by atoms with E-state index in [4.69, 9.17) is 5.73 Å². The van der Waals surface area contributed by atoms with Crippen molar-refractivity contribution < 1.29 is 0 Å². The summed E-state index contributed by atoms with van der Waals surface area (Å²) in [4.78, 5) is 2.36. The maximum Gasteiger partial charge on any atom is 0.0484 e. The first-order chi connectivity index (χ1) is 8.58. The fourth-order valence-corrected chi connectivity index (χ4v) is 3.43. The van der Waals surface area contributed by atoms with Crippen LogP contribution in [0.5, 0.6) is 0 Å².